The molecule has 7 heteroatoms. The third-order valence-corrected chi connectivity index (χ3v) is 4.82. The molecule has 0 heterocycles. The van der Waals surface area contributed by atoms with E-state index in [1.165, 1.54) is 21.3 Å². The highest BCUT2D eigenvalue weighted by molar-refractivity contribution is 8.55. The molecule has 0 atom stereocenters. The molecular formula is C5H11O5PS. The van der Waals surface area contributed by atoms with Crippen LogP contribution < -0.4 is 0 Å². The smallest absolute Gasteiger partial charge is 0.389 e. The van der Waals surface area contributed by atoms with E-state index in [-0.39, 0.29) is 5.75 Å². The minimum Gasteiger partial charge on any atom is -0.468 e. The predicted octanol–water partition coefficient (Wildman–Crippen LogP) is 1.29. The molecular weight excluding hydrogens is 203 g/mol. The van der Waals surface area contributed by atoms with Gasteiger partial charge in [-0.1, -0.05) is 0 Å². The molecule has 5 nitrogen and oxygen atoms in total. The van der Waals surface area contributed by atoms with E-state index in [4.69, 9.17) is 0 Å². The van der Waals surface area contributed by atoms with E-state index >= 15 is 0 Å². The van der Waals surface area contributed by atoms with Gasteiger partial charge in [-0.3, -0.25) is 4.79 Å². The first-order valence-electron chi connectivity index (χ1n) is 3.01. The van der Waals surface area contributed by atoms with Gasteiger partial charge in [0.1, 0.15) is 5.75 Å². The zero-order chi connectivity index (χ0) is 9.61. The number of ether oxygens (including phenoxy) is 1. The number of carbonyl (C=O) groups is 1. The molecule has 0 spiro atoms. The third-order valence-electron chi connectivity index (χ3n) is 1.02. The second-order valence-corrected chi connectivity index (χ2v) is 5.95. The predicted molar refractivity (Wildman–Crippen MR) is 46.1 cm³/mol. The summed E-state index contributed by atoms with van der Waals surface area (Å²) in [6.07, 6.45) is 0. The molecule has 0 aliphatic heterocycles. The van der Waals surface area contributed by atoms with Gasteiger partial charge in [-0.25, -0.2) is 4.57 Å². The van der Waals surface area contributed by atoms with Gasteiger partial charge in [-0.15, -0.1) is 0 Å². The number of hydrogen-bond donors (Lipinski definition) is 0. The largest absolute Gasteiger partial charge is 0.468 e. The number of methoxy groups -OCH3 is 1. The van der Waals surface area contributed by atoms with Gasteiger partial charge in [0.25, 0.3) is 0 Å². The van der Waals surface area contributed by atoms with Gasteiger partial charge in [-0.2, -0.15) is 0 Å². The van der Waals surface area contributed by atoms with Crippen molar-refractivity contribution >= 4 is 24.1 Å². The zero-order valence-electron chi connectivity index (χ0n) is 7.10. The Kier molecular flexibility index (Phi) is 5.57. The number of carbonyl (C=O) groups excluding carboxylic acids is 1. The highest BCUT2D eigenvalue weighted by atomic mass is 32.7. The summed E-state index contributed by atoms with van der Waals surface area (Å²) < 4.78 is 24.8. The van der Waals surface area contributed by atoms with Crippen molar-refractivity contribution in [1.82, 2.24) is 0 Å². The van der Waals surface area contributed by atoms with Crippen molar-refractivity contribution in [2.24, 2.45) is 0 Å². The summed E-state index contributed by atoms with van der Waals surface area (Å²) in [5.74, 6) is -0.510. The van der Waals surface area contributed by atoms with Crippen molar-refractivity contribution in [3.8, 4) is 0 Å². The van der Waals surface area contributed by atoms with Crippen molar-refractivity contribution < 1.29 is 23.1 Å². The monoisotopic (exact) mass is 214 g/mol. The molecule has 0 aromatic rings. The van der Waals surface area contributed by atoms with Crippen LogP contribution in [-0.2, 0) is 23.1 Å². The highest BCUT2D eigenvalue weighted by Gasteiger charge is 2.23. The topological polar surface area (TPSA) is 61.8 Å². The second-order valence-electron chi connectivity index (χ2n) is 1.66. The van der Waals surface area contributed by atoms with Crippen LogP contribution in [0.25, 0.3) is 0 Å². The van der Waals surface area contributed by atoms with E-state index in [2.05, 4.69) is 13.8 Å². The molecule has 0 bridgehead atoms. The Morgan fingerprint density at radius 2 is 1.83 bits per heavy atom. The van der Waals surface area contributed by atoms with Crippen molar-refractivity contribution in [3.63, 3.8) is 0 Å². The molecule has 0 rings (SSSR count). The highest BCUT2D eigenvalue weighted by Crippen LogP contribution is 2.59. The summed E-state index contributed by atoms with van der Waals surface area (Å²) in [7, 11) is 3.77. The Balaban J connectivity index is 3.89. The molecule has 12 heavy (non-hydrogen) atoms. The maximum atomic E-state index is 11.3. The summed E-state index contributed by atoms with van der Waals surface area (Å²) >= 11 is 0.793. The average Bonchev–Trinajstić information content (AvgIpc) is 2.13. The molecule has 0 aliphatic carbocycles. The summed E-state index contributed by atoms with van der Waals surface area (Å²) in [6.45, 7) is -3.13. The van der Waals surface area contributed by atoms with Gasteiger partial charge in [0.2, 0.25) is 0 Å². The van der Waals surface area contributed by atoms with E-state index in [0.717, 1.165) is 11.4 Å². The zero-order valence-corrected chi connectivity index (χ0v) is 8.81. The Labute approximate surface area is 75.0 Å². The lowest BCUT2D eigenvalue weighted by molar-refractivity contribution is -0.137. The quantitative estimate of drug-likeness (QED) is 0.507. The number of esters is 1. The Bertz CT molecular complexity index is 186. The van der Waals surface area contributed by atoms with Gasteiger partial charge >= 0.3 is 12.8 Å². The van der Waals surface area contributed by atoms with Crippen LogP contribution in [0, 0.1) is 0 Å². The molecule has 0 saturated heterocycles. The van der Waals surface area contributed by atoms with Gasteiger partial charge in [0.15, 0.2) is 0 Å². The van der Waals surface area contributed by atoms with Crippen molar-refractivity contribution in [1.29, 1.82) is 0 Å². The van der Waals surface area contributed by atoms with Gasteiger partial charge in [-0.05, 0) is 11.4 Å². The van der Waals surface area contributed by atoms with Crippen LogP contribution in [-0.4, -0.2) is 33.1 Å². The Hall–Kier alpha value is -0.0300. The molecule has 0 N–H and O–H groups in total. The summed E-state index contributed by atoms with van der Waals surface area (Å²) in [5.41, 5.74) is 0. The first-order valence-corrected chi connectivity index (χ1v) is 6.14. The standard InChI is InChI=1S/C5H11O5PS/c1-8-5(6)4-12-11(7,9-2)10-3/h4H2,1-3H3. The maximum Gasteiger partial charge on any atom is 0.389 e. The van der Waals surface area contributed by atoms with E-state index in [1.54, 1.807) is 0 Å². The van der Waals surface area contributed by atoms with Crippen LogP contribution in [0.2, 0.25) is 0 Å². The van der Waals surface area contributed by atoms with Crippen molar-refractivity contribution in [2.45, 2.75) is 0 Å². The SMILES string of the molecule is COC(=O)CSP(=O)(OC)OC. The average molecular weight is 214 g/mol. The fourth-order valence-electron chi connectivity index (χ4n) is 0.371. The number of hydrogen-bond acceptors (Lipinski definition) is 6. The van der Waals surface area contributed by atoms with Crippen LogP contribution in [0.4, 0.5) is 0 Å². The van der Waals surface area contributed by atoms with Gasteiger partial charge in [0.05, 0.1) is 7.11 Å². The molecule has 72 valence electrons. The summed E-state index contributed by atoms with van der Waals surface area (Å²) in [6, 6.07) is 0. The molecule has 0 unspecified atom stereocenters. The van der Waals surface area contributed by atoms with Crippen LogP contribution in [0.1, 0.15) is 0 Å². The Morgan fingerprint density at radius 1 is 1.33 bits per heavy atom. The fourth-order valence-corrected chi connectivity index (χ4v) is 2.53. The first kappa shape index (κ1) is 12.0. The van der Waals surface area contributed by atoms with Gasteiger partial charge < -0.3 is 13.8 Å². The van der Waals surface area contributed by atoms with Crippen LogP contribution in [0.3, 0.4) is 0 Å². The molecule has 0 saturated carbocycles. The van der Waals surface area contributed by atoms with Crippen molar-refractivity contribution in [3.05, 3.63) is 0 Å². The molecule has 0 amide bonds. The molecule has 0 radical (unpaired) electrons. The fraction of sp³-hybridized carbons (Fsp3) is 0.800. The first-order chi connectivity index (χ1) is 5.58. The molecule has 0 fully saturated rings. The van der Waals surface area contributed by atoms with E-state index in [9.17, 15) is 9.36 Å². The summed E-state index contributed by atoms with van der Waals surface area (Å²) in [4.78, 5) is 10.6. The number of rotatable bonds is 5. The van der Waals surface area contributed by atoms with Crippen LogP contribution in [0.15, 0.2) is 0 Å². The lowest BCUT2D eigenvalue weighted by Gasteiger charge is -2.10. The second kappa shape index (κ2) is 5.59. The van der Waals surface area contributed by atoms with E-state index in [0.29, 0.717) is 0 Å². The van der Waals surface area contributed by atoms with Crippen LogP contribution in [0.5, 0.6) is 0 Å². The van der Waals surface area contributed by atoms with E-state index in [1.807, 2.05) is 0 Å². The van der Waals surface area contributed by atoms with Crippen molar-refractivity contribution in [2.75, 3.05) is 27.1 Å². The molecule has 0 aromatic carbocycles. The normalized spacial score (nSPS) is 11.2. The summed E-state index contributed by atoms with van der Waals surface area (Å²) in [5, 5.41) is 0. The van der Waals surface area contributed by atoms with Crippen LogP contribution >= 0.6 is 18.2 Å². The maximum absolute atomic E-state index is 11.3. The Morgan fingerprint density at radius 3 is 2.17 bits per heavy atom. The molecule has 0 aliphatic rings. The van der Waals surface area contributed by atoms with Gasteiger partial charge in [0, 0.05) is 14.2 Å². The minimum atomic E-state index is -3.13. The van der Waals surface area contributed by atoms with E-state index < -0.39 is 12.8 Å². The lowest BCUT2D eigenvalue weighted by Crippen LogP contribution is -2.03. The third kappa shape index (κ3) is 4.11. The lowest BCUT2D eigenvalue weighted by atomic mass is 10.8. The molecule has 0 aromatic heterocycles. The minimum absolute atomic E-state index is 0.0462.